The second-order valence-corrected chi connectivity index (χ2v) is 6.65. The molecule has 1 fully saturated rings. The van der Waals surface area contributed by atoms with Crippen molar-refractivity contribution < 1.29 is 29.6 Å². The molecule has 1 aliphatic heterocycles. The Hall–Kier alpha value is -2.59. The van der Waals surface area contributed by atoms with E-state index in [4.69, 9.17) is 25.1 Å². The topological polar surface area (TPSA) is 146 Å². The smallest absolute Gasteiger partial charge is 0.200 e. The standard InChI is InChI=1S/C15H10O2.C6H13NO5/c16-15-12-8-4-5-9-14(12)17-10-13(15)11-6-2-1-3-7-11;7-3-5(10)4(9)2(1-8)12-6(3)11/h1-10H;2-6,8-11H,1,7H2/t;2-,3-,4-,5-,6-/m.1/s1. The van der Waals surface area contributed by atoms with Gasteiger partial charge in [0, 0.05) is 0 Å². The van der Waals surface area contributed by atoms with Crippen molar-refractivity contribution in [3.63, 3.8) is 0 Å². The van der Waals surface area contributed by atoms with Crippen molar-refractivity contribution >= 4 is 11.0 Å². The van der Waals surface area contributed by atoms with Crippen molar-refractivity contribution in [1.29, 1.82) is 0 Å². The number of benzene rings is 2. The molecule has 0 unspecified atom stereocenters. The summed E-state index contributed by atoms with van der Waals surface area (Å²) in [5, 5.41) is 36.7. The van der Waals surface area contributed by atoms with Crippen molar-refractivity contribution in [1.82, 2.24) is 0 Å². The molecule has 4 rings (SSSR count). The van der Waals surface area contributed by atoms with Crippen molar-refractivity contribution in [2.75, 3.05) is 6.61 Å². The molecule has 154 valence electrons. The predicted octanol–water partition coefficient (Wildman–Crippen LogP) is 0.205. The second kappa shape index (κ2) is 9.27. The van der Waals surface area contributed by atoms with E-state index in [-0.39, 0.29) is 5.43 Å². The van der Waals surface area contributed by atoms with Crippen LogP contribution in [0.1, 0.15) is 0 Å². The van der Waals surface area contributed by atoms with Gasteiger partial charge in [0.25, 0.3) is 0 Å². The van der Waals surface area contributed by atoms with E-state index in [0.29, 0.717) is 16.5 Å². The van der Waals surface area contributed by atoms with Crippen LogP contribution in [0.2, 0.25) is 0 Å². The van der Waals surface area contributed by atoms with E-state index in [1.165, 1.54) is 6.26 Å². The SMILES string of the molecule is N[C@@H]1[C@@H](O)[C@H](O)[C@@H](CO)O[C@H]1O.O=c1c(-c2ccccc2)coc2ccccc12. The average Bonchev–Trinajstić information content (AvgIpc) is 2.76. The van der Waals surface area contributed by atoms with Gasteiger partial charge in [-0.15, -0.1) is 0 Å². The summed E-state index contributed by atoms with van der Waals surface area (Å²) in [6.45, 7) is -0.470. The second-order valence-electron chi connectivity index (χ2n) is 6.65. The molecule has 0 spiro atoms. The number of fused-ring (bicyclic) bond motifs is 1. The zero-order chi connectivity index (χ0) is 21.0. The molecule has 0 radical (unpaired) electrons. The summed E-state index contributed by atoms with van der Waals surface area (Å²) in [7, 11) is 0. The number of para-hydroxylation sites is 1. The number of rotatable bonds is 2. The first-order chi connectivity index (χ1) is 13.9. The number of aliphatic hydroxyl groups is 4. The Kier molecular flexibility index (Phi) is 6.75. The van der Waals surface area contributed by atoms with E-state index >= 15 is 0 Å². The maximum Gasteiger partial charge on any atom is 0.200 e. The monoisotopic (exact) mass is 401 g/mol. The fourth-order valence-electron chi connectivity index (χ4n) is 3.01. The molecule has 5 atom stereocenters. The van der Waals surface area contributed by atoms with Crippen LogP contribution in [0.15, 0.2) is 70.1 Å². The third kappa shape index (κ3) is 4.54. The van der Waals surface area contributed by atoms with Gasteiger partial charge in [0.05, 0.1) is 23.6 Å². The van der Waals surface area contributed by atoms with Crippen LogP contribution in [0.5, 0.6) is 0 Å². The van der Waals surface area contributed by atoms with E-state index in [0.717, 1.165) is 5.56 Å². The Morgan fingerprint density at radius 2 is 1.59 bits per heavy atom. The highest BCUT2D eigenvalue weighted by Gasteiger charge is 2.41. The first-order valence-corrected chi connectivity index (χ1v) is 9.06. The number of hydrogen-bond acceptors (Lipinski definition) is 8. The maximum absolute atomic E-state index is 12.3. The van der Waals surface area contributed by atoms with E-state index in [2.05, 4.69) is 0 Å². The minimum atomic E-state index is -1.35. The van der Waals surface area contributed by atoms with Crippen LogP contribution in [-0.2, 0) is 4.74 Å². The zero-order valence-corrected chi connectivity index (χ0v) is 15.5. The van der Waals surface area contributed by atoms with Crippen LogP contribution in [-0.4, -0.2) is 57.7 Å². The summed E-state index contributed by atoms with van der Waals surface area (Å²) in [5.74, 6) is 0. The lowest BCUT2D eigenvalue weighted by atomic mass is 9.98. The Balaban J connectivity index is 0.000000177. The molecule has 8 nitrogen and oxygen atoms in total. The molecular weight excluding hydrogens is 378 g/mol. The summed E-state index contributed by atoms with van der Waals surface area (Å²) in [4.78, 5) is 12.3. The van der Waals surface area contributed by atoms with E-state index in [1.54, 1.807) is 12.1 Å². The van der Waals surface area contributed by atoms with Gasteiger partial charge in [0.2, 0.25) is 0 Å². The number of aliphatic hydroxyl groups excluding tert-OH is 4. The molecule has 1 saturated heterocycles. The number of nitrogens with two attached hydrogens (primary N) is 1. The van der Waals surface area contributed by atoms with Crippen LogP contribution in [0, 0.1) is 0 Å². The third-order valence-electron chi connectivity index (χ3n) is 4.71. The van der Waals surface area contributed by atoms with Crippen LogP contribution < -0.4 is 11.2 Å². The lowest BCUT2D eigenvalue weighted by Gasteiger charge is -2.38. The number of hydrogen-bond donors (Lipinski definition) is 5. The molecule has 0 aliphatic carbocycles. The zero-order valence-electron chi connectivity index (χ0n) is 15.5. The molecule has 1 aromatic heterocycles. The van der Waals surface area contributed by atoms with Gasteiger partial charge >= 0.3 is 0 Å². The molecule has 0 amide bonds. The first kappa shape index (κ1) is 21.1. The summed E-state index contributed by atoms with van der Waals surface area (Å²) < 4.78 is 10.2. The highest BCUT2D eigenvalue weighted by atomic mass is 16.6. The van der Waals surface area contributed by atoms with Crippen molar-refractivity contribution in [2.45, 2.75) is 30.6 Å². The molecule has 2 aromatic carbocycles. The molecule has 6 N–H and O–H groups in total. The highest BCUT2D eigenvalue weighted by Crippen LogP contribution is 2.19. The van der Waals surface area contributed by atoms with E-state index in [1.807, 2.05) is 42.5 Å². The molecule has 1 aliphatic rings. The normalized spacial score (nSPS) is 26.6. The average molecular weight is 401 g/mol. The predicted molar refractivity (Wildman–Crippen MR) is 106 cm³/mol. The van der Waals surface area contributed by atoms with Gasteiger partial charge in [-0.3, -0.25) is 4.79 Å². The third-order valence-corrected chi connectivity index (χ3v) is 4.71. The maximum atomic E-state index is 12.3. The van der Waals surface area contributed by atoms with E-state index < -0.39 is 37.3 Å². The van der Waals surface area contributed by atoms with Crippen LogP contribution in [0.25, 0.3) is 22.1 Å². The van der Waals surface area contributed by atoms with Gasteiger partial charge in [-0.2, -0.15) is 0 Å². The van der Waals surface area contributed by atoms with Crippen molar-refractivity contribution in [3.8, 4) is 11.1 Å². The van der Waals surface area contributed by atoms with Gasteiger partial charge in [0.15, 0.2) is 11.7 Å². The summed E-state index contributed by atoms with van der Waals surface area (Å²) >= 11 is 0. The fourth-order valence-corrected chi connectivity index (χ4v) is 3.01. The molecule has 2 heterocycles. The Labute approximate surface area is 166 Å². The summed E-state index contributed by atoms with van der Waals surface area (Å²) in [6.07, 6.45) is -3.32. The Bertz CT molecular complexity index is 986. The van der Waals surface area contributed by atoms with Crippen LogP contribution in [0.4, 0.5) is 0 Å². The summed E-state index contributed by atoms with van der Waals surface area (Å²) in [5.41, 5.74) is 7.38. The van der Waals surface area contributed by atoms with Crippen LogP contribution >= 0.6 is 0 Å². The lowest BCUT2D eigenvalue weighted by molar-refractivity contribution is -0.248. The van der Waals surface area contributed by atoms with Gasteiger partial charge < -0.3 is 35.3 Å². The van der Waals surface area contributed by atoms with Crippen LogP contribution in [0.3, 0.4) is 0 Å². The van der Waals surface area contributed by atoms with Gasteiger partial charge in [-0.25, -0.2) is 0 Å². The summed E-state index contributed by atoms with van der Waals surface area (Å²) in [6, 6.07) is 15.8. The highest BCUT2D eigenvalue weighted by molar-refractivity contribution is 5.81. The Morgan fingerprint density at radius 1 is 0.931 bits per heavy atom. The largest absolute Gasteiger partial charge is 0.463 e. The molecule has 8 heteroatoms. The first-order valence-electron chi connectivity index (χ1n) is 9.06. The van der Waals surface area contributed by atoms with Crippen molar-refractivity contribution in [3.05, 3.63) is 71.1 Å². The minimum absolute atomic E-state index is 0.0121. The Morgan fingerprint density at radius 3 is 2.28 bits per heavy atom. The van der Waals surface area contributed by atoms with Crippen molar-refractivity contribution in [2.24, 2.45) is 5.73 Å². The molecular formula is C21H23NO7. The fraction of sp³-hybridized carbons (Fsp3) is 0.286. The van der Waals surface area contributed by atoms with Gasteiger partial charge in [-0.1, -0.05) is 42.5 Å². The number of ether oxygens (including phenoxy) is 1. The van der Waals surface area contributed by atoms with Gasteiger partial charge in [-0.05, 0) is 17.7 Å². The minimum Gasteiger partial charge on any atom is -0.463 e. The molecule has 3 aromatic rings. The lowest BCUT2D eigenvalue weighted by Crippen LogP contribution is -2.61. The molecule has 29 heavy (non-hydrogen) atoms. The van der Waals surface area contributed by atoms with Gasteiger partial charge in [0.1, 0.15) is 30.2 Å². The molecule has 0 saturated carbocycles. The van der Waals surface area contributed by atoms with E-state index in [9.17, 15) is 15.0 Å². The molecule has 0 bridgehead atoms. The quantitative estimate of drug-likeness (QED) is 0.409.